The highest BCUT2D eigenvalue weighted by Gasteiger charge is 2.11. The molecular weight excluding hydrogens is 308 g/mol. The molecule has 0 aliphatic carbocycles. The third kappa shape index (κ3) is 4.16. The van der Waals surface area contributed by atoms with Gasteiger partial charge >= 0.3 is 0 Å². The zero-order valence-electron chi connectivity index (χ0n) is 11.5. The SMILES string of the molecule is O=C(NCCNc1ccccc1[N+](=O)[O-])c1ccnc(Cl)c1. The fraction of sp³-hybridized carbons (Fsp3) is 0.143. The Hall–Kier alpha value is -2.67. The van der Waals surface area contributed by atoms with Crippen LogP contribution in [0.1, 0.15) is 10.4 Å². The van der Waals surface area contributed by atoms with Gasteiger partial charge in [0.05, 0.1) is 4.92 Å². The summed E-state index contributed by atoms with van der Waals surface area (Å²) in [5.41, 5.74) is 0.814. The zero-order chi connectivity index (χ0) is 15.9. The number of amides is 1. The maximum Gasteiger partial charge on any atom is 0.292 e. The minimum Gasteiger partial charge on any atom is -0.378 e. The number of pyridine rings is 1. The molecule has 0 saturated heterocycles. The van der Waals surface area contributed by atoms with Crippen LogP contribution < -0.4 is 10.6 Å². The molecule has 0 aliphatic rings. The Kier molecular flexibility index (Phi) is 5.26. The highest BCUT2D eigenvalue weighted by molar-refractivity contribution is 6.29. The summed E-state index contributed by atoms with van der Waals surface area (Å²) >= 11 is 5.71. The summed E-state index contributed by atoms with van der Waals surface area (Å²) in [5.74, 6) is -0.284. The summed E-state index contributed by atoms with van der Waals surface area (Å²) in [6.07, 6.45) is 1.45. The van der Waals surface area contributed by atoms with Gasteiger partial charge in [0.25, 0.3) is 11.6 Å². The third-order valence-corrected chi connectivity index (χ3v) is 3.02. The summed E-state index contributed by atoms with van der Waals surface area (Å²) in [7, 11) is 0. The Bertz CT molecular complexity index is 693. The summed E-state index contributed by atoms with van der Waals surface area (Å²) in [5, 5.41) is 16.7. The summed E-state index contributed by atoms with van der Waals surface area (Å²) in [6, 6.07) is 9.34. The van der Waals surface area contributed by atoms with E-state index >= 15 is 0 Å². The standard InChI is InChI=1S/C14H13ClN4O3/c15-13-9-10(5-6-17-13)14(20)18-8-7-16-11-3-1-2-4-12(11)19(21)22/h1-6,9,16H,7-8H2,(H,18,20). The first-order valence-corrected chi connectivity index (χ1v) is 6.83. The first-order valence-electron chi connectivity index (χ1n) is 6.45. The molecule has 1 heterocycles. The molecule has 22 heavy (non-hydrogen) atoms. The molecule has 0 spiro atoms. The van der Waals surface area contributed by atoms with Crippen LogP contribution in [0.25, 0.3) is 0 Å². The van der Waals surface area contributed by atoms with Crippen LogP contribution in [0.15, 0.2) is 42.6 Å². The van der Waals surface area contributed by atoms with E-state index in [2.05, 4.69) is 15.6 Å². The van der Waals surface area contributed by atoms with Gasteiger partial charge in [-0.2, -0.15) is 0 Å². The number of rotatable bonds is 6. The van der Waals surface area contributed by atoms with E-state index in [1.165, 1.54) is 18.3 Å². The minimum atomic E-state index is -0.458. The van der Waals surface area contributed by atoms with Gasteiger partial charge in [-0.15, -0.1) is 0 Å². The minimum absolute atomic E-state index is 0.00487. The fourth-order valence-electron chi connectivity index (χ4n) is 1.80. The topological polar surface area (TPSA) is 97.2 Å². The monoisotopic (exact) mass is 320 g/mol. The lowest BCUT2D eigenvalue weighted by Gasteiger charge is -2.08. The molecule has 2 N–H and O–H groups in total. The average molecular weight is 321 g/mol. The Morgan fingerprint density at radius 3 is 2.77 bits per heavy atom. The van der Waals surface area contributed by atoms with Crippen molar-refractivity contribution in [3.05, 3.63) is 63.4 Å². The molecule has 1 aromatic carbocycles. The van der Waals surface area contributed by atoms with Crippen molar-refractivity contribution in [1.82, 2.24) is 10.3 Å². The van der Waals surface area contributed by atoms with Gasteiger partial charge in [-0.3, -0.25) is 14.9 Å². The van der Waals surface area contributed by atoms with Gasteiger partial charge in [0.1, 0.15) is 10.8 Å². The van der Waals surface area contributed by atoms with Crippen molar-refractivity contribution in [2.75, 3.05) is 18.4 Å². The smallest absolute Gasteiger partial charge is 0.292 e. The molecule has 2 aromatic rings. The number of para-hydroxylation sites is 2. The molecular formula is C14H13ClN4O3. The second kappa shape index (κ2) is 7.37. The number of benzene rings is 1. The molecule has 0 unspecified atom stereocenters. The second-order valence-corrected chi connectivity index (χ2v) is 4.71. The fourth-order valence-corrected chi connectivity index (χ4v) is 1.98. The lowest BCUT2D eigenvalue weighted by atomic mass is 10.2. The predicted molar refractivity (Wildman–Crippen MR) is 83.2 cm³/mol. The molecule has 0 radical (unpaired) electrons. The van der Waals surface area contributed by atoms with Crippen LogP contribution in [0.2, 0.25) is 5.15 Å². The van der Waals surface area contributed by atoms with E-state index in [-0.39, 0.29) is 16.7 Å². The van der Waals surface area contributed by atoms with Gasteiger partial charge in [0.2, 0.25) is 0 Å². The number of nitrogens with zero attached hydrogens (tertiary/aromatic N) is 2. The number of nitro groups is 1. The van der Waals surface area contributed by atoms with E-state index in [4.69, 9.17) is 11.6 Å². The molecule has 0 aliphatic heterocycles. The van der Waals surface area contributed by atoms with E-state index in [1.54, 1.807) is 24.3 Å². The van der Waals surface area contributed by atoms with Crippen molar-refractivity contribution in [3.8, 4) is 0 Å². The number of aromatic nitrogens is 1. The lowest BCUT2D eigenvalue weighted by molar-refractivity contribution is -0.384. The predicted octanol–water partition coefficient (Wildman–Crippen LogP) is 2.49. The summed E-state index contributed by atoms with van der Waals surface area (Å²) in [4.78, 5) is 26.0. The number of anilines is 1. The number of nitrogens with one attached hydrogen (secondary N) is 2. The maximum atomic E-state index is 11.8. The van der Waals surface area contributed by atoms with E-state index < -0.39 is 4.92 Å². The highest BCUT2D eigenvalue weighted by atomic mass is 35.5. The molecule has 0 atom stereocenters. The summed E-state index contributed by atoms with van der Waals surface area (Å²) < 4.78 is 0. The molecule has 8 heteroatoms. The number of carbonyl (C=O) groups is 1. The quantitative estimate of drug-likeness (QED) is 0.369. The van der Waals surface area contributed by atoms with Crippen LogP contribution >= 0.6 is 11.6 Å². The Morgan fingerprint density at radius 1 is 1.27 bits per heavy atom. The highest BCUT2D eigenvalue weighted by Crippen LogP contribution is 2.22. The molecule has 1 amide bonds. The average Bonchev–Trinajstić information content (AvgIpc) is 2.51. The van der Waals surface area contributed by atoms with E-state index in [0.29, 0.717) is 24.3 Å². The van der Waals surface area contributed by atoms with Gasteiger partial charge in [-0.1, -0.05) is 23.7 Å². The molecule has 114 valence electrons. The molecule has 0 saturated carbocycles. The number of carbonyl (C=O) groups excluding carboxylic acids is 1. The Balaban J connectivity index is 1.85. The van der Waals surface area contributed by atoms with Crippen LogP contribution in [-0.4, -0.2) is 28.9 Å². The van der Waals surface area contributed by atoms with Gasteiger partial charge in [0, 0.05) is 30.9 Å². The number of nitro benzene ring substituents is 1. The van der Waals surface area contributed by atoms with Crippen molar-refractivity contribution in [2.45, 2.75) is 0 Å². The zero-order valence-corrected chi connectivity index (χ0v) is 12.2. The third-order valence-electron chi connectivity index (χ3n) is 2.82. The van der Waals surface area contributed by atoms with Gasteiger partial charge in [0.15, 0.2) is 0 Å². The van der Waals surface area contributed by atoms with Crippen LogP contribution in [0.5, 0.6) is 0 Å². The number of hydrogen-bond donors (Lipinski definition) is 2. The normalized spacial score (nSPS) is 10.0. The lowest BCUT2D eigenvalue weighted by Crippen LogP contribution is -2.28. The van der Waals surface area contributed by atoms with Gasteiger partial charge in [-0.25, -0.2) is 4.98 Å². The Morgan fingerprint density at radius 2 is 2.05 bits per heavy atom. The largest absolute Gasteiger partial charge is 0.378 e. The van der Waals surface area contributed by atoms with Crippen molar-refractivity contribution in [2.24, 2.45) is 0 Å². The first-order chi connectivity index (χ1) is 10.6. The molecule has 2 rings (SSSR count). The second-order valence-electron chi connectivity index (χ2n) is 4.32. The van der Waals surface area contributed by atoms with Gasteiger partial charge in [-0.05, 0) is 18.2 Å². The van der Waals surface area contributed by atoms with E-state index in [1.807, 2.05) is 0 Å². The van der Waals surface area contributed by atoms with Crippen LogP contribution in [0.4, 0.5) is 11.4 Å². The molecule has 1 aromatic heterocycles. The maximum absolute atomic E-state index is 11.8. The van der Waals surface area contributed by atoms with Crippen molar-refractivity contribution < 1.29 is 9.72 Å². The van der Waals surface area contributed by atoms with Crippen molar-refractivity contribution in [1.29, 1.82) is 0 Å². The van der Waals surface area contributed by atoms with E-state index in [9.17, 15) is 14.9 Å². The number of halogens is 1. The van der Waals surface area contributed by atoms with Crippen molar-refractivity contribution >= 4 is 28.9 Å². The molecule has 0 bridgehead atoms. The van der Waals surface area contributed by atoms with Crippen LogP contribution in [0.3, 0.4) is 0 Å². The van der Waals surface area contributed by atoms with Gasteiger partial charge < -0.3 is 10.6 Å². The Labute approximate surface area is 131 Å². The number of hydrogen-bond acceptors (Lipinski definition) is 5. The van der Waals surface area contributed by atoms with E-state index in [0.717, 1.165) is 0 Å². The first kappa shape index (κ1) is 15.7. The van der Waals surface area contributed by atoms with Crippen molar-refractivity contribution in [3.63, 3.8) is 0 Å². The van der Waals surface area contributed by atoms with Crippen LogP contribution in [0, 0.1) is 10.1 Å². The molecule has 0 fully saturated rings. The van der Waals surface area contributed by atoms with Crippen LogP contribution in [-0.2, 0) is 0 Å². The summed E-state index contributed by atoms with van der Waals surface area (Å²) in [6.45, 7) is 0.667. The molecule has 7 nitrogen and oxygen atoms in total.